The number of rotatable bonds is 5. The Kier molecular flexibility index (Phi) is 8.58. The summed E-state index contributed by atoms with van der Waals surface area (Å²) in [5, 5.41) is 0.238. The van der Waals surface area contributed by atoms with Crippen molar-refractivity contribution in [2.75, 3.05) is 55.7 Å². The van der Waals surface area contributed by atoms with E-state index >= 15 is 17.6 Å². The summed E-state index contributed by atoms with van der Waals surface area (Å²) in [6.45, 7) is 11.5. The SMILES string of the molecule is C=CC(=O)N1[C@H](C)CN(c2nc(=O)n3c4c(c(-c5ccc(F)c6sc(N)nc56)c(C(F)(F)F)cc24)SCC(N2CCN(C4CC4)CC2)C3)C[C@@H]1C. The number of nitrogens with two attached hydrogens (primary N) is 1. The molecule has 2 saturated heterocycles. The first-order valence-corrected chi connectivity index (χ1v) is 19.0. The molecule has 4 aliphatic rings. The molecule has 0 radical (unpaired) electrons. The Labute approximate surface area is 299 Å². The summed E-state index contributed by atoms with van der Waals surface area (Å²) >= 11 is 2.17. The molecule has 3 atom stereocenters. The Hall–Kier alpha value is -3.73. The molecule has 4 aromatic rings. The molecule has 8 rings (SSSR count). The van der Waals surface area contributed by atoms with Gasteiger partial charge in [0.1, 0.15) is 11.6 Å². The number of hydrogen-bond acceptors (Lipinski definition) is 10. The lowest BCUT2D eigenvalue weighted by Crippen LogP contribution is -2.58. The number of benzene rings is 2. The van der Waals surface area contributed by atoms with Gasteiger partial charge in [-0.05, 0) is 51.0 Å². The van der Waals surface area contributed by atoms with Crippen molar-refractivity contribution in [2.24, 2.45) is 0 Å². The average Bonchev–Trinajstić information content (AvgIpc) is 3.89. The van der Waals surface area contributed by atoms with E-state index in [9.17, 15) is 9.59 Å². The maximum Gasteiger partial charge on any atom is 0.417 e. The first kappa shape index (κ1) is 34.4. The number of aromatic nitrogens is 3. The van der Waals surface area contributed by atoms with Crippen LogP contribution in [0.1, 0.15) is 32.3 Å². The summed E-state index contributed by atoms with van der Waals surface area (Å²) in [7, 11) is 0. The fourth-order valence-electron chi connectivity index (χ4n) is 8.24. The summed E-state index contributed by atoms with van der Waals surface area (Å²) in [5.74, 6) is -0.285. The summed E-state index contributed by atoms with van der Waals surface area (Å²) in [4.78, 5) is 44.3. The van der Waals surface area contributed by atoms with Crippen LogP contribution in [0, 0.1) is 5.82 Å². The standard InChI is InChI=1S/C35H38F4N8O2S2/c1-4-26(48)47-18(2)14-45(15-19(47)3)32-23-13-24(35(37,38)39)27(22-7-8-25(36)30-28(22)41-33(40)51-30)31-29(23)46(34(49)42-32)16-21(17-50-31)44-11-9-43(10-12-44)20-5-6-20/h4,7-8,13,18-21H,1,5-6,9-12,14-17H2,2-3H3,(H2,40,41)/t18-,19+,21?. The van der Waals surface area contributed by atoms with Crippen LogP contribution in [0.25, 0.3) is 32.2 Å². The van der Waals surface area contributed by atoms with Gasteiger partial charge in [0.15, 0.2) is 5.13 Å². The smallest absolute Gasteiger partial charge is 0.375 e. The number of hydrogen-bond donors (Lipinski definition) is 1. The van der Waals surface area contributed by atoms with Crippen molar-refractivity contribution in [3.05, 3.63) is 52.7 Å². The molecule has 270 valence electrons. The fraction of sp³-hybridized carbons (Fsp3) is 0.486. The second-order valence-corrected chi connectivity index (χ2v) is 16.1. The van der Waals surface area contributed by atoms with Crippen LogP contribution < -0.4 is 16.3 Å². The number of nitrogens with zero attached hydrogens (tertiary/aromatic N) is 7. The highest BCUT2D eigenvalue weighted by Gasteiger charge is 2.41. The average molecular weight is 743 g/mol. The van der Waals surface area contributed by atoms with Crippen molar-refractivity contribution in [2.45, 2.75) is 68.5 Å². The third-order valence-corrected chi connectivity index (χ3v) is 12.8. The first-order valence-electron chi connectivity index (χ1n) is 17.2. The quantitative estimate of drug-likeness (QED) is 0.216. The van der Waals surface area contributed by atoms with Crippen molar-refractivity contribution in [1.82, 2.24) is 29.2 Å². The van der Waals surface area contributed by atoms with Crippen LogP contribution in [0.4, 0.5) is 28.5 Å². The monoisotopic (exact) mass is 742 g/mol. The van der Waals surface area contributed by atoms with Gasteiger partial charge < -0.3 is 15.5 Å². The second-order valence-electron chi connectivity index (χ2n) is 14.0. The Morgan fingerprint density at radius 2 is 1.69 bits per heavy atom. The Morgan fingerprint density at radius 1 is 1.02 bits per heavy atom. The highest BCUT2D eigenvalue weighted by atomic mass is 32.2. The number of halogens is 4. The zero-order chi connectivity index (χ0) is 35.9. The van der Waals surface area contributed by atoms with E-state index in [1.807, 2.05) is 18.7 Å². The molecule has 1 saturated carbocycles. The lowest BCUT2D eigenvalue weighted by atomic mass is 9.95. The second kappa shape index (κ2) is 12.7. The van der Waals surface area contributed by atoms with Gasteiger partial charge in [0.2, 0.25) is 5.91 Å². The minimum absolute atomic E-state index is 0.0373. The van der Waals surface area contributed by atoms with E-state index in [2.05, 4.69) is 26.3 Å². The molecule has 16 heteroatoms. The number of thiazole rings is 1. The minimum Gasteiger partial charge on any atom is -0.375 e. The highest BCUT2D eigenvalue weighted by molar-refractivity contribution is 7.99. The third kappa shape index (κ3) is 5.97. The Bertz CT molecular complexity index is 2110. The Morgan fingerprint density at radius 3 is 2.31 bits per heavy atom. The van der Waals surface area contributed by atoms with Crippen LogP contribution in [0.2, 0.25) is 0 Å². The molecule has 0 spiro atoms. The van der Waals surface area contributed by atoms with E-state index in [4.69, 9.17) is 5.73 Å². The number of anilines is 2. The first-order chi connectivity index (χ1) is 24.3. The number of fused-ring (bicyclic) bond motifs is 1. The molecule has 51 heavy (non-hydrogen) atoms. The van der Waals surface area contributed by atoms with Crippen LogP contribution in [-0.4, -0.2) is 104 Å². The summed E-state index contributed by atoms with van der Waals surface area (Å²) in [6.07, 6.45) is -1.16. The molecule has 2 aromatic heterocycles. The highest BCUT2D eigenvalue weighted by Crippen LogP contribution is 2.50. The van der Waals surface area contributed by atoms with Gasteiger partial charge in [0.05, 0.1) is 21.3 Å². The van der Waals surface area contributed by atoms with Crippen LogP contribution in [-0.2, 0) is 17.5 Å². The fourth-order valence-corrected chi connectivity index (χ4v) is 10.4. The van der Waals surface area contributed by atoms with E-state index in [1.165, 1.54) is 41.3 Å². The molecule has 10 nitrogen and oxygen atoms in total. The predicted molar refractivity (Wildman–Crippen MR) is 193 cm³/mol. The zero-order valence-corrected chi connectivity index (χ0v) is 29.9. The zero-order valence-electron chi connectivity index (χ0n) is 28.2. The van der Waals surface area contributed by atoms with E-state index in [-0.39, 0.29) is 86.2 Å². The van der Waals surface area contributed by atoms with Crippen molar-refractivity contribution >= 4 is 61.1 Å². The van der Waals surface area contributed by atoms with E-state index in [1.54, 1.807) is 4.90 Å². The van der Waals surface area contributed by atoms with Crippen LogP contribution in [0.3, 0.4) is 0 Å². The number of piperazine rings is 2. The third-order valence-electron chi connectivity index (χ3n) is 10.7. The minimum atomic E-state index is -4.83. The van der Waals surface area contributed by atoms with Crippen LogP contribution >= 0.6 is 23.1 Å². The summed E-state index contributed by atoms with van der Waals surface area (Å²) in [5.41, 5.74) is 4.86. The van der Waals surface area contributed by atoms with Gasteiger partial charge in [-0.1, -0.05) is 17.9 Å². The Balaban J connectivity index is 1.34. The van der Waals surface area contributed by atoms with Crippen LogP contribution in [0.5, 0.6) is 0 Å². The van der Waals surface area contributed by atoms with Gasteiger partial charge >= 0.3 is 11.9 Å². The van der Waals surface area contributed by atoms with E-state index in [0.29, 0.717) is 17.3 Å². The number of alkyl halides is 3. The van der Waals surface area contributed by atoms with E-state index < -0.39 is 23.2 Å². The molecule has 2 N–H and O–H groups in total. The maximum atomic E-state index is 15.4. The number of carbonyl (C=O) groups excluding carboxylic acids is 1. The topological polar surface area (TPSA) is 104 Å². The van der Waals surface area contributed by atoms with Gasteiger partial charge in [-0.3, -0.25) is 19.2 Å². The lowest BCUT2D eigenvalue weighted by Gasteiger charge is -2.44. The predicted octanol–water partition coefficient (Wildman–Crippen LogP) is 5.28. The van der Waals surface area contributed by atoms with Gasteiger partial charge in [0, 0.05) is 97.1 Å². The molecular weight excluding hydrogens is 705 g/mol. The molecular formula is C35H38F4N8O2S2. The number of thioether (sulfide) groups is 1. The van der Waals surface area contributed by atoms with Gasteiger partial charge in [-0.15, -0.1) is 11.8 Å². The molecule has 1 amide bonds. The lowest BCUT2D eigenvalue weighted by molar-refractivity contribution is -0.137. The molecule has 1 aliphatic carbocycles. The van der Waals surface area contributed by atoms with Crippen molar-refractivity contribution < 1.29 is 22.4 Å². The van der Waals surface area contributed by atoms with Crippen molar-refractivity contribution in [3.8, 4) is 11.1 Å². The molecule has 1 unspecified atom stereocenters. The molecule has 3 aliphatic heterocycles. The van der Waals surface area contributed by atoms with Crippen molar-refractivity contribution in [3.63, 3.8) is 0 Å². The molecule has 5 heterocycles. The van der Waals surface area contributed by atoms with Gasteiger partial charge in [-0.2, -0.15) is 18.2 Å². The summed E-state index contributed by atoms with van der Waals surface area (Å²) in [6, 6.07) is 3.40. The molecule has 0 bridgehead atoms. The number of amides is 1. The normalized spacial score (nSPS) is 23.6. The summed E-state index contributed by atoms with van der Waals surface area (Å²) < 4.78 is 62.9. The largest absolute Gasteiger partial charge is 0.417 e. The van der Waals surface area contributed by atoms with Crippen molar-refractivity contribution in [1.29, 1.82) is 0 Å². The van der Waals surface area contributed by atoms with Crippen LogP contribution in [0.15, 0.2) is 40.5 Å². The van der Waals surface area contributed by atoms with Gasteiger partial charge in [-0.25, -0.2) is 14.2 Å². The number of nitrogen functional groups attached to an aromatic ring is 1. The van der Waals surface area contributed by atoms with Gasteiger partial charge in [0.25, 0.3) is 0 Å². The number of carbonyl (C=O) groups is 1. The maximum absolute atomic E-state index is 15.4. The molecule has 3 fully saturated rings. The van der Waals surface area contributed by atoms with E-state index in [0.717, 1.165) is 49.6 Å². The molecule has 2 aromatic carbocycles.